The maximum atomic E-state index is 12.7. The van der Waals surface area contributed by atoms with Crippen molar-refractivity contribution in [3.05, 3.63) is 103 Å². The van der Waals surface area contributed by atoms with Gasteiger partial charge in [0, 0.05) is 11.8 Å². The summed E-state index contributed by atoms with van der Waals surface area (Å²) in [4.78, 5) is 21.0. The molecule has 0 aliphatic rings. The Morgan fingerprint density at radius 3 is 2.28 bits per heavy atom. The number of carbonyl (C=O) groups excluding carboxylic acids is 1. The lowest BCUT2D eigenvalue weighted by Crippen LogP contribution is -2.14. The molecule has 6 nitrogen and oxygen atoms in total. The summed E-state index contributed by atoms with van der Waals surface area (Å²) in [6.45, 7) is 0. The Morgan fingerprint density at radius 1 is 0.793 bits per heavy atom. The highest BCUT2D eigenvalue weighted by molar-refractivity contribution is 6.04. The van der Waals surface area contributed by atoms with Gasteiger partial charge in [-0.15, -0.1) is 0 Å². The molecule has 1 aromatic heterocycles. The number of hydrogen-bond acceptors (Lipinski definition) is 5. The second kappa shape index (κ2) is 8.67. The lowest BCUT2D eigenvalue weighted by atomic mass is 10.2. The molecule has 29 heavy (non-hydrogen) atoms. The number of benzene rings is 3. The molecule has 1 amide bonds. The molecule has 0 radical (unpaired) electrons. The number of rotatable bonds is 6. The Balaban J connectivity index is 1.51. The van der Waals surface area contributed by atoms with E-state index in [1.807, 2.05) is 72.8 Å². The van der Waals surface area contributed by atoms with Crippen molar-refractivity contribution in [3.63, 3.8) is 0 Å². The van der Waals surface area contributed by atoms with Crippen molar-refractivity contribution >= 4 is 23.1 Å². The zero-order chi connectivity index (χ0) is 19.9. The first-order valence-electron chi connectivity index (χ1n) is 9.05. The fourth-order valence-electron chi connectivity index (χ4n) is 2.68. The number of anilines is 3. The minimum absolute atomic E-state index is 0.243. The van der Waals surface area contributed by atoms with E-state index in [0.29, 0.717) is 23.0 Å². The van der Waals surface area contributed by atoms with Gasteiger partial charge in [-0.05, 0) is 36.4 Å². The van der Waals surface area contributed by atoms with Crippen molar-refractivity contribution in [1.29, 1.82) is 0 Å². The van der Waals surface area contributed by atoms with Gasteiger partial charge in [-0.1, -0.05) is 48.5 Å². The molecular formula is C23H18N4O2. The normalized spacial score (nSPS) is 10.2. The molecule has 4 rings (SSSR count). The van der Waals surface area contributed by atoms with Gasteiger partial charge in [-0.3, -0.25) is 4.79 Å². The summed E-state index contributed by atoms with van der Waals surface area (Å²) in [7, 11) is 0. The van der Waals surface area contributed by atoms with E-state index < -0.39 is 0 Å². The fourth-order valence-corrected chi connectivity index (χ4v) is 2.68. The van der Waals surface area contributed by atoms with Crippen molar-refractivity contribution in [2.24, 2.45) is 0 Å². The summed E-state index contributed by atoms with van der Waals surface area (Å²) in [6, 6.07) is 27.8. The van der Waals surface area contributed by atoms with Gasteiger partial charge in [-0.2, -0.15) is 0 Å². The highest BCUT2D eigenvalue weighted by atomic mass is 16.5. The van der Waals surface area contributed by atoms with Gasteiger partial charge in [0.2, 0.25) is 0 Å². The van der Waals surface area contributed by atoms with Crippen molar-refractivity contribution < 1.29 is 9.53 Å². The van der Waals surface area contributed by atoms with E-state index in [4.69, 9.17) is 4.74 Å². The quantitative estimate of drug-likeness (QED) is 0.475. The van der Waals surface area contributed by atoms with Crippen molar-refractivity contribution in [2.75, 3.05) is 10.6 Å². The number of aromatic nitrogens is 2. The van der Waals surface area contributed by atoms with Crippen molar-refractivity contribution in [2.45, 2.75) is 0 Å². The summed E-state index contributed by atoms with van der Waals surface area (Å²) < 4.78 is 5.89. The largest absolute Gasteiger partial charge is 0.455 e. The molecule has 6 heteroatoms. The first-order chi connectivity index (χ1) is 14.3. The molecular weight excluding hydrogens is 364 g/mol. The summed E-state index contributed by atoms with van der Waals surface area (Å²) in [6.07, 6.45) is 1.35. The molecule has 0 saturated carbocycles. The van der Waals surface area contributed by atoms with Crippen molar-refractivity contribution in [3.8, 4) is 11.5 Å². The van der Waals surface area contributed by atoms with E-state index in [2.05, 4.69) is 20.6 Å². The topological polar surface area (TPSA) is 76.1 Å². The monoisotopic (exact) mass is 382 g/mol. The van der Waals surface area contributed by atoms with Gasteiger partial charge in [0.1, 0.15) is 23.6 Å². The van der Waals surface area contributed by atoms with Crippen LogP contribution in [-0.4, -0.2) is 15.9 Å². The molecule has 2 N–H and O–H groups in total. The van der Waals surface area contributed by atoms with E-state index in [0.717, 1.165) is 5.69 Å². The minimum Gasteiger partial charge on any atom is -0.455 e. The first kappa shape index (κ1) is 18.2. The highest BCUT2D eigenvalue weighted by Crippen LogP contribution is 2.29. The van der Waals surface area contributed by atoms with E-state index in [-0.39, 0.29) is 11.6 Å². The van der Waals surface area contributed by atoms with Crippen LogP contribution < -0.4 is 15.4 Å². The van der Waals surface area contributed by atoms with Crippen LogP contribution in [0, 0.1) is 0 Å². The smallest absolute Gasteiger partial charge is 0.274 e. The molecule has 0 saturated heterocycles. The maximum absolute atomic E-state index is 12.7. The molecule has 0 unspecified atom stereocenters. The Hall–Kier alpha value is -4.19. The number of amides is 1. The van der Waals surface area contributed by atoms with Gasteiger partial charge in [-0.25, -0.2) is 9.97 Å². The Labute approximate surface area is 168 Å². The average Bonchev–Trinajstić information content (AvgIpc) is 2.77. The fraction of sp³-hybridized carbons (Fsp3) is 0. The Bertz CT molecular complexity index is 1100. The maximum Gasteiger partial charge on any atom is 0.274 e. The summed E-state index contributed by atoms with van der Waals surface area (Å²) >= 11 is 0. The third-order valence-corrected chi connectivity index (χ3v) is 4.05. The molecule has 4 aromatic rings. The SMILES string of the molecule is O=C(Nc1ccccc1Oc1ccccc1)c1cc(Nc2ccccc2)ncn1. The first-order valence-corrected chi connectivity index (χ1v) is 9.05. The van der Waals surface area contributed by atoms with Crippen LogP contribution in [0.4, 0.5) is 17.2 Å². The van der Waals surface area contributed by atoms with Gasteiger partial charge in [0.05, 0.1) is 5.69 Å². The molecule has 0 fully saturated rings. The number of carbonyl (C=O) groups is 1. The predicted molar refractivity (Wildman–Crippen MR) is 113 cm³/mol. The van der Waals surface area contributed by atoms with Crippen LogP contribution in [-0.2, 0) is 0 Å². The molecule has 1 heterocycles. The lowest BCUT2D eigenvalue weighted by molar-refractivity contribution is 0.102. The summed E-state index contributed by atoms with van der Waals surface area (Å²) in [5.41, 5.74) is 1.67. The van der Waals surface area contributed by atoms with E-state index in [9.17, 15) is 4.79 Å². The third-order valence-electron chi connectivity index (χ3n) is 4.05. The van der Waals surface area contributed by atoms with E-state index >= 15 is 0 Å². The molecule has 0 aliphatic heterocycles. The zero-order valence-corrected chi connectivity index (χ0v) is 15.4. The predicted octanol–water partition coefficient (Wildman–Crippen LogP) is 5.26. The Kier molecular flexibility index (Phi) is 5.43. The second-order valence-corrected chi connectivity index (χ2v) is 6.14. The van der Waals surface area contributed by atoms with Crippen LogP contribution >= 0.6 is 0 Å². The van der Waals surface area contributed by atoms with Crippen LogP contribution in [0.25, 0.3) is 0 Å². The van der Waals surface area contributed by atoms with Crippen LogP contribution in [0.3, 0.4) is 0 Å². The standard InChI is InChI=1S/C23H18N4O2/c28-23(20-15-22(25-16-24-20)26-17-9-3-1-4-10-17)27-19-13-7-8-14-21(19)29-18-11-5-2-6-12-18/h1-16H,(H,27,28)(H,24,25,26). The van der Waals surface area contributed by atoms with Gasteiger partial charge in [0.15, 0.2) is 5.75 Å². The van der Waals surface area contributed by atoms with E-state index in [1.54, 1.807) is 18.2 Å². The number of hydrogen-bond donors (Lipinski definition) is 2. The van der Waals surface area contributed by atoms with Gasteiger partial charge >= 0.3 is 0 Å². The van der Waals surface area contributed by atoms with Crippen LogP contribution in [0.15, 0.2) is 97.3 Å². The van der Waals surface area contributed by atoms with Crippen LogP contribution in [0.1, 0.15) is 10.5 Å². The number of para-hydroxylation sites is 4. The zero-order valence-electron chi connectivity index (χ0n) is 15.4. The molecule has 3 aromatic carbocycles. The molecule has 0 spiro atoms. The third kappa shape index (κ3) is 4.75. The molecule has 0 bridgehead atoms. The summed E-state index contributed by atoms with van der Waals surface area (Å²) in [5, 5.41) is 6.01. The van der Waals surface area contributed by atoms with Crippen LogP contribution in [0.5, 0.6) is 11.5 Å². The number of nitrogens with one attached hydrogen (secondary N) is 2. The second-order valence-electron chi connectivity index (χ2n) is 6.14. The molecule has 0 atom stereocenters. The van der Waals surface area contributed by atoms with Crippen molar-refractivity contribution in [1.82, 2.24) is 9.97 Å². The highest BCUT2D eigenvalue weighted by Gasteiger charge is 2.13. The van der Waals surface area contributed by atoms with Gasteiger partial charge < -0.3 is 15.4 Å². The van der Waals surface area contributed by atoms with Crippen LogP contribution in [0.2, 0.25) is 0 Å². The summed E-state index contributed by atoms with van der Waals surface area (Å²) in [5.74, 6) is 1.41. The molecule has 0 aliphatic carbocycles. The Morgan fingerprint density at radius 2 is 1.48 bits per heavy atom. The van der Waals surface area contributed by atoms with Gasteiger partial charge in [0.25, 0.3) is 5.91 Å². The number of nitrogens with zero attached hydrogens (tertiary/aromatic N) is 2. The minimum atomic E-state index is -0.354. The lowest BCUT2D eigenvalue weighted by Gasteiger charge is -2.12. The molecule has 142 valence electrons. The average molecular weight is 382 g/mol. The number of ether oxygens (including phenoxy) is 1. The van der Waals surface area contributed by atoms with E-state index in [1.165, 1.54) is 6.33 Å².